The van der Waals surface area contributed by atoms with Crippen LogP contribution in [0.15, 0.2) is 45.1 Å². The molecule has 0 atom stereocenters. The van der Waals surface area contributed by atoms with Crippen molar-refractivity contribution in [3.8, 4) is 0 Å². The van der Waals surface area contributed by atoms with Crippen molar-refractivity contribution >= 4 is 34.2 Å². The van der Waals surface area contributed by atoms with Gasteiger partial charge in [0.05, 0.1) is 0 Å². The Hall–Kier alpha value is -0.0200. The Kier molecular flexibility index (Phi) is 3.40. The molecule has 1 aliphatic carbocycles. The highest BCUT2D eigenvalue weighted by Crippen LogP contribution is 2.37. The van der Waals surface area contributed by atoms with Crippen LogP contribution in [0.25, 0.3) is 0 Å². The van der Waals surface area contributed by atoms with Crippen LogP contribution < -0.4 is 0 Å². The van der Waals surface area contributed by atoms with Gasteiger partial charge in [-0.1, -0.05) is 59.0 Å². The van der Waals surface area contributed by atoms with E-state index in [1.165, 1.54) is 11.1 Å². The molecule has 2 heteroatoms. The second-order valence-electron chi connectivity index (χ2n) is 2.24. The summed E-state index contributed by atoms with van der Waals surface area (Å²) in [6, 6.07) is 0. The van der Waals surface area contributed by atoms with E-state index in [0.29, 0.717) is 0 Å². The third-order valence-corrected chi connectivity index (χ3v) is 2.37. The predicted molar refractivity (Wildman–Crippen MR) is 58.9 cm³/mol. The van der Waals surface area contributed by atoms with Crippen LogP contribution in [0.2, 0.25) is 0 Å². The molecule has 0 aromatic heterocycles. The normalized spacial score (nSPS) is 21.1. The van der Waals surface area contributed by atoms with Gasteiger partial charge in [0.25, 0.3) is 0 Å². The molecule has 0 spiro atoms. The van der Waals surface area contributed by atoms with E-state index >= 15 is 0 Å². The van der Waals surface area contributed by atoms with E-state index in [2.05, 4.69) is 29.2 Å². The van der Waals surface area contributed by atoms with Crippen LogP contribution in [0.1, 0.15) is 6.42 Å². The zero-order valence-electron chi connectivity index (χ0n) is 5.98. The van der Waals surface area contributed by atoms with Crippen LogP contribution in [0, 0.1) is 0 Å². The minimum Gasteiger partial charge on any atom is -0.0991 e. The largest absolute Gasteiger partial charge is 0.0991 e. The molecule has 0 saturated carbocycles. The first-order valence-electron chi connectivity index (χ1n) is 3.27. The summed E-state index contributed by atoms with van der Waals surface area (Å²) in [6.07, 6.45) is 6.73. The average Bonchev–Trinajstić information content (AvgIpc) is 2.02. The van der Waals surface area contributed by atoms with Crippen LogP contribution in [0.3, 0.4) is 0 Å². The predicted octanol–water partition coefficient (Wildman–Crippen LogP) is 3.94. The van der Waals surface area contributed by atoms with Crippen molar-refractivity contribution in [1.82, 2.24) is 0 Å². The number of hydrogen-bond donors (Lipinski definition) is 0. The van der Waals surface area contributed by atoms with Gasteiger partial charge in [0.15, 0.2) is 0 Å². The van der Waals surface area contributed by atoms with Crippen molar-refractivity contribution in [3.63, 3.8) is 0 Å². The van der Waals surface area contributed by atoms with Gasteiger partial charge in [0.1, 0.15) is 0 Å². The maximum Gasteiger partial charge on any atom is 0.0476 e. The number of hydrogen-bond acceptors (Lipinski definition) is 0. The van der Waals surface area contributed by atoms with Crippen molar-refractivity contribution in [2.75, 3.05) is 0 Å². The van der Waals surface area contributed by atoms with Crippen molar-refractivity contribution < 1.29 is 0 Å². The summed E-state index contributed by atoms with van der Waals surface area (Å²) in [4.78, 5) is 0. The van der Waals surface area contributed by atoms with Crippen molar-refractivity contribution in [2.45, 2.75) is 6.42 Å². The molecule has 11 heavy (non-hydrogen) atoms. The Balaban J connectivity index is 2.77. The molecule has 0 N–H and O–H groups in total. The molecular weight excluding hydrogens is 270 g/mol. The molecule has 0 aromatic carbocycles. The lowest BCUT2D eigenvalue weighted by Crippen LogP contribution is -2.00. The van der Waals surface area contributed by atoms with Crippen LogP contribution in [-0.4, -0.2) is 0 Å². The topological polar surface area (TPSA) is 0 Å². The minimum atomic E-state index is 0.887. The third kappa shape index (κ3) is 1.97. The maximum atomic E-state index is 5.95. The molecule has 0 aromatic rings. The Morgan fingerprint density at radius 3 is 2.73 bits per heavy atom. The first kappa shape index (κ1) is 9.07. The lowest BCUT2D eigenvalue weighted by atomic mass is 9.92. The summed E-state index contributed by atoms with van der Waals surface area (Å²) in [5, 5.41) is 0.887. The van der Waals surface area contributed by atoms with Crippen LogP contribution in [0.4, 0.5) is 0 Å². The van der Waals surface area contributed by atoms with Gasteiger partial charge < -0.3 is 0 Å². The molecule has 0 unspecified atom stereocenters. The zero-order chi connectivity index (χ0) is 8.27. The summed E-state index contributed by atoms with van der Waals surface area (Å²) >= 11 is 8.13. The Morgan fingerprint density at radius 2 is 2.27 bits per heavy atom. The van der Waals surface area contributed by atoms with Crippen molar-refractivity contribution in [1.29, 1.82) is 0 Å². The van der Waals surface area contributed by atoms with E-state index in [1.54, 1.807) is 6.08 Å². The van der Waals surface area contributed by atoms with Gasteiger partial charge >= 0.3 is 0 Å². The second-order valence-corrected chi connectivity index (χ2v) is 3.33. The summed E-state index contributed by atoms with van der Waals surface area (Å²) in [5.41, 5.74) is 2.40. The van der Waals surface area contributed by atoms with E-state index in [0.717, 1.165) is 11.5 Å². The Bertz CT molecular complexity index is 259. The molecule has 0 nitrogen and oxygen atoms in total. The van der Waals surface area contributed by atoms with Gasteiger partial charge in [-0.25, -0.2) is 0 Å². The van der Waals surface area contributed by atoms with Crippen LogP contribution in [0.5, 0.6) is 0 Å². The van der Waals surface area contributed by atoms with E-state index in [4.69, 9.17) is 11.6 Å². The Labute approximate surface area is 85.5 Å². The molecule has 1 aliphatic rings. The molecule has 1 rings (SSSR count). The fourth-order valence-electron chi connectivity index (χ4n) is 0.942. The Morgan fingerprint density at radius 1 is 1.55 bits per heavy atom. The van der Waals surface area contributed by atoms with Gasteiger partial charge in [-0.3, -0.25) is 0 Å². The molecule has 0 radical (unpaired) electrons. The van der Waals surface area contributed by atoms with Crippen molar-refractivity contribution in [2.24, 2.45) is 0 Å². The smallest absolute Gasteiger partial charge is 0.0476 e. The standard InChI is InChI=1S/C9H8ClI/c1-2-3-7-6-8(4-5-11)9(7)10/h2-5H,1,6H2/b5-4+,7-3+. The van der Waals surface area contributed by atoms with Gasteiger partial charge in [0, 0.05) is 11.5 Å². The van der Waals surface area contributed by atoms with Gasteiger partial charge in [-0.05, 0) is 15.2 Å². The highest BCUT2D eigenvalue weighted by molar-refractivity contribution is 14.1. The van der Waals surface area contributed by atoms with E-state index in [1.807, 2.05) is 16.2 Å². The third-order valence-electron chi connectivity index (χ3n) is 1.53. The molecule has 0 aliphatic heterocycles. The molecular formula is C9H8ClI. The highest BCUT2D eigenvalue weighted by Gasteiger charge is 2.17. The van der Waals surface area contributed by atoms with Crippen LogP contribution in [-0.2, 0) is 0 Å². The monoisotopic (exact) mass is 278 g/mol. The summed E-state index contributed by atoms with van der Waals surface area (Å²) in [5.74, 6) is 0. The first-order valence-corrected chi connectivity index (χ1v) is 4.89. The van der Waals surface area contributed by atoms with Gasteiger partial charge in [-0.2, -0.15) is 0 Å². The quantitative estimate of drug-likeness (QED) is 0.671. The molecule has 0 heterocycles. The number of rotatable bonds is 2. The maximum absolute atomic E-state index is 5.95. The van der Waals surface area contributed by atoms with Gasteiger partial charge in [-0.15, -0.1) is 0 Å². The van der Waals surface area contributed by atoms with Crippen molar-refractivity contribution in [3.05, 3.63) is 45.1 Å². The van der Waals surface area contributed by atoms with Crippen LogP contribution >= 0.6 is 34.2 Å². The molecule has 0 bridgehead atoms. The number of allylic oxidation sites excluding steroid dienone is 6. The summed E-state index contributed by atoms with van der Waals surface area (Å²) < 4.78 is 1.97. The fourth-order valence-corrected chi connectivity index (χ4v) is 1.64. The highest BCUT2D eigenvalue weighted by atomic mass is 127. The second kappa shape index (κ2) is 4.12. The SMILES string of the molecule is C=C/C=C1\CC(/C=C/I)=C1Cl. The summed E-state index contributed by atoms with van der Waals surface area (Å²) in [6.45, 7) is 3.61. The lowest BCUT2D eigenvalue weighted by molar-refractivity contribution is 1.09. The average molecular weight is 279 g/mol. The van der Waals surface area contributed by atoms with Gasteiger partial charge in [0.2, 0.25) is 0 Å². The number of halogens is 2. The molecule has 0 fully saturated rings. The van der Waals surface area contributed by atoms with E-state index in [9.17, 15) is 0 Å². The first-order chi connectivity index (χ1) is 5.29. The van der Waals surface area contributed by atoms with E-state index in [-0.39, 0.29) is 0 Å². The molecule has 58 valence electrons. The van der Waals surface area contributed by atoms with E-state index < -0.39 is 0 Å². The molecule has 0 saturated heterocycles. The fraction of sp³-hybridized carbons (Fsp3) is 0.111. The summed E-state index contributed by atoms with van der Waals surface area (Å²) in [7, 11) is 0. The lowest BCUT2D eigenvalue weighted by Gasteiger charge is -2.19. The molecule has 0 amide bonds. The zero-order valence-corrected chi connectivity index (χ0v) is 8.89. The minimum absolute atomic E-state index is 0.887.